The first-order valence-electron chi connectivity index (χ1n) is 17.3. The van der Waals surface area contributed by atoms with Crippen LogP contribution in [0.2, 0.25) is 0 Å². The van der Waals surface area contributed by atoms with E-state index in [1.165, 1.54) is 12.0 Å². The number of imidazole rings is 1. The summed E-state index contributed by atoms with van der Waals surface area (Å²) in [6.45, 7) is 6.86. The fourth-order valence-electron chi connectivity index (χ4n) is 6.29. The molecule has 0 radical (unpaired) electrons. The maximum absolute atomic E-state index is 14.1. The lowest BCUT2D eigenvalue weighted by Gasteiger charge is -2.32. The van der Waals surface area contributed by atoms with Crippen LogP contribution in [0.1, 0.15) is 52.0 Å². The summed E-state index contributed by atoms with van der Waals surface area (Å²) in [7, 11) is 6.79. The van der Waals surface area contributed by atoms with Gasteiger partial charge in [-0.25, -0.2) is 4.98 Å². The van der Waals surface area contributed by atoms with Crippen molar-refractivity contribution < 1.29 is 28.6 Å². The van der Waals surface area contributed by atoms with Gasteiger partial charge in [0.2, 0.25) is 11.9 Å². The third-order valence-corrected chi connectivity index (χ3v) is 9.17. The Morgan fingerprint density at radius 2 is 1.76 bits per heavy atom. The minimum atomic E-state index is -0.798. The molecule has 13 heteroatoms. The number of carbonyl (C=O) groups excluding carboxylic acids is 3. The number of aryl methyl sites for hydroxylation is 1. The predicted molar refractivity (Wildman–Crippen MR) is 199 cm³/mol. The van der Waals surface area contributed by atoms with Gasteiger partial charge < -0.3 is 44.9 Å². The smallest absolute Gasteiger partial charge is 0.259 e. The van der Waals surface area contributed by atoms with E-state index in [4.69, 9.17) is 24.9 Å². The summed E-state index contributed by atoms with van der Waals surface area (Å²) < 4.78 is 17.1. The number of amides is 3. The van der Waals surface area contributed by atoms with Gasteiger partial charge in [-0.05, 0) is 69.1 Å². The maximum atomic E-state index is 14.1. The summed E-state index contributed by atoms with van der Waals surface area (Å²) in [6, 6.07) is 14.6. The molecule has 2 heterocycles. The summed E-state index contributed by atoms with van der Waals surface area (Å²) in [5, 5.41) is 3.20. The van der Waals surface area contributed by atoms with E-state index in [0.717, 1.165) is 56.5 Å². The summed E-state index contributed by atoms with van der Waals surface area (Å²) in [6.07, 6.45) is 2.94. The van der Waals surface area contributed by atoms with Gasteiger partial charge in [-0.1, -0.05) is 18.2 Å². The Labute approximate surface area is 299 Å². The molecular weight excluding hydrogens is 650 g/mol. The minimum absolute atomic E-state index is 0.0291. The van der Waals surface area contributed by atoms with Crippen LogP contribution in [0.4, 0.5) is 11.6 Å². The number of hydrogen-bond acceptors (Lipinski definition) is 9. The van der Waals surface area contributed by atoms with Crippen molar-refractivity contribution in [3.63, 3.8) is 0 Å². The second kappa shape index (κ2) is 17.2. The lowest BCUT2D eigenvalue weighted by molar-refractivity contribution is -0.132. The van der Waals surface area contributed by atoms with E-state index in [-0.39, 0.29) is 22.8 Å². The highest BCUT2D eigenvalue weighted by molar-refractivity contribution is 6.15. The van der Waals surface area contributed by atoms with Gasteiger partial charge in [-0.3, -0.25) is 14.4 Å². The van der Waals surface area contributed by atoms with Crippen LogP contribution in [0.3, 0.4) is 0 Å². The van der Waals surface area contributed by atoms with E-state index in [9.17, 15) is 14.4 Å². The highest BCUT2D eigenvalue weighted by Crippen LogP contribution is 2.39. The number of ether oxygens (including phenoxy) is 3. The standard InChI is InChI=1S/C38H49N7O6/c1-25-13-16-30(31(24-25)51-22-8-6-7-12-32(46)45-20-18-43(2)19-21-45)44(3)37(48)28-15-14-27(35(50-5)33(28)36(39)47)26-10-9-11-29-34(26)42-38(41-29)40-17-23-49-4/h9-11,13-16,24H,6-8,12,17-23H2,1-5H3,(H2,39,47)(H2,40,41,42). The molecule has 5 rings (SSSR count). The number of nitrogens with one attached hydrogen (secondary N) is 2. The number of para-hydroxylation sites is 1. The number of H-pyrrole nitrogens is 1. The Kier molecular flexibility index (Phi) is 12.5. The number of unbranched alkanes of at least 4 members (excludes halogenated alkanes) is 2. The van der Waals surface area contributed by atoms with Crippen molar-refractivity contribution in [2.75, 3.05) is 84.5 Å². The number of anilines is 2. The summed E-state index contributed by atoms with van der Waals surface area (Å²) in [4.78, 5) is 53.3. The van der Waals surface area contributed by atoms with Crippen LogP contribution >= 0.6 is 0 Å². The number of piperazine rings is 1. The predicted octanol–water partition coefficient (Wildman–Crippen LogP) is 4.69. The third-order valence-electron chi connectivity index (χ3n) is 9.17. The zero-order valence-electron chi connectivity index (χ0n) is 30.2. The van der Waals surface area contributed by atoms with Gasteiger partial charge in [0.05, 0.1) is 48.2 Å². The molecule has 13 nitrogen and oxygen atoms in total. The molecule has 272 valence electrons. The quantitative estimate of drug-likeness (QED) is 0.141. The van der Waals surface area contributed by atoms with Gasteiger partial charge in [0.1, 0.15) is 11.5 Å². The van der Waals surface area contributed by atoms with Crippen LogP contribution in [0.15, 0.2) is 48.5 Å². The number of carbonyl (C=O) groups is 3. The molecule has 0 saturated carbocycles. The van der Waals surface area contributed by atoms with Crippen molar-refractivity contribution in [1.82, 2.24) is 19.8 Å². The molecule has 1 aromatic heterocycles. The Bertz CT molecular complexity index is 1850. The van der Waals surface area contributed by atoms with Crippen LogP contribution in [0, 0.1) is 6.92 Å². The first-order chi connectivity index (χ1) is 24.6. The summed E-state index contributed by atoms with van der Waals surface area (Å²) >= 11 is 0. The highest BCUT2D eigenvalue weighted by atomic mass is 16.5. The topological polar surface area (TPSA) is 155 Å². The molecular formula is C38H49N7O6. The molecule has 0 unspecified atom stereocenters. The molecule has 0 atom stereocenters. The first-order valence-corrected chi connectivity index (χ1v) is 17.3. The number of nitrogens with zero attached hydrogens (tertiary/aromatic N) is 4. The number of primary amides is 1. The molecule has 0 bridgehead atoms. The van der Waals surface area contributed by atoms with E-state index in [1.54, 1.807) is 26.3 Å². The lowest BCUT2D eigenvalue weighted by Crippen LogP contribution is -2.47. The molecule has 4 aromatic rings. The van der Waals surface area contributed by atoms with Gasteiger partial charge in [-0.2, -0.15) is 0 Å². The van der Waals surface area contributed by atoms with E-state index in [1.807, 2.05) is 48.2 Å². The molecule has 1 aliphatic heterocycles. The SMILES string of the molecule is COCCNc1nc2c(-c3ccc(C(=O)N(C)c4ccc(C)cc4OCCCCCC(=O)N4CCN(C)CC4)c(C(N)=O)c3OC)cccc2[nH]1. The first kappa shape index (κ1) is 37.1. The lowest BCUT2D eigenvalue weighted by atomic mass is 9.95. The molecule has 1 saturated heterocycles. The number of aromatic nitrogens is 2. The monoisotopic (exact) mass is 699 g/mol. The molecule has 4 N–H and O–H groups in total. The van der Waals surface area contributed by atoms with E-state index < -0.39 is 11.8 Å². The van der Waals surface area contributed by atoms with Gasteiger partial charge in [0.15, 0.2) is 0 Å². The normalized spacial score (nSPS) is 13.3. The Balaban J connectivity index is 1.31. The van der Waals surface area contributed by atoms with Gasteiger partial charge in [-0.15, -0.1) is 0 Å². The van der Waals surface area contributed by atoms with Crippen LogP contribution in [0.25, 0.3) is 22.2 Å². The van der Waals surface area contributed by atoms with E-state index in [2.05, 4.69) is 22.2 Å². The number of methoxy groups -OCH3 is 2. The van der Waals surface area contributed by atoms with Crippen LogP contribution in [-0.2, 0) is 9.53 Å². The number of likely N-dealkylation sites (N-methyl/N-ethyl adjacent to an activating group) is 1. The highest BCUT2D eigenvalue weighted by Gasteiger charge is 2.28. The summed E-state index contributed by atoms with van der Waals surface area (Å²) in [5.41, 5.74) is 10.2. The van der Waals surface area contributed by atoms with E-state index >= 15 is 0 Å². The van der Waals surface area contributed by atoms with Crippen molar-refractivity contribution in [3.8, 4) is 22.6 Å². The average Bonchev–Trinajstić information content (AvgIpc) is 3.55. The summed E-state index contributed by atoms with van der Waals surface area (Å²) in [5.74, 6) is 0.259. The Morgan fingerprint density at radius 1 is 0.980 bits per heavy atom. The maximum Gasteiger partial charge on any atom is 0.259 e. The zero-order chi connectivity index (χ0) is 36.5. The molecule has 3 amide bonds. The van der Waals surface area contributed by atoms with Crippen LogP contribution in [0.5, 0.6) is 11.5 Å². The fourth-order valence-corrected chi connectivity index (χ4v) is 6.29. The van der Waals surface area contributed by atoms with Gasteiger partial charge in [0.25, 0.3) is 11.8 Å². The number of nitrogens with two attached hydrogens (primary N) is 1. The number of hydrogen-bond donors (Lipinski definition) is 3. The van der Waals surface area contributed by atoms with Gasteiger partial charge in [0, 0.05) is 64.4 Å². The van der Waals surface area contributed by atoms with Crippen LogP contribution < -0.4 is 25.4 Å². The van der Waals surface area contributed by atoms with Crippen LogP contribution in [-0.4, -0.2) is 112 Å². The minimum Gasteiger partial charge on any atom is -0.495 e. The van der Waals surface area contributed by atoms with E-state index in [0.29, 0.717) is 60.2 Å². The number of fused-ring (bicyclic) bond motifs is 1. The Morgan fingerprint density at radius 3 is 2.49 bits per heavy atom. The van der Waals surface area contributed by atoms with Crippen molar-refractivity contribution in [3.05, 3.63) is 65.2 Å². The molecule has 1 aliphatic rings. The molecule has 1 fully saturated rings. The molecule has 0 spiro atoms. The van der Waals surface area contributed by atoms with Crippen molar-refractivity contribution >= 4 is 40.4 Å². The van der Waals surface area contributed by atoms with Gasteiger partial charge >= 0.3 is 0 Å². The second-order valence-corrected chi connectivity index (χ2v) is 12.8. The number of aromatic amines is 1. The van der Waals surface area contributed by atoms with Crippen molar-refractivity contribution in [2.24, 2.45) is 5.73 Å². The molecule has 3 aromatic carbocycles. The molecule has 51 heavy (non-hydrogen) atoms. The third kappa shape index (κ3) is 8.78. The second-order valence-electron chi connectivity index (χ2n) is 12.8. The number of benzene rings is 3. The largest absolute Gasteiger partial charge is 0.495 e. The Hall–Kier alpha value is -5.14. The number of rotatable bonds is 16. The zero-order valence-corrected chi connectivity index (χ0v) is 30.2. The van der Waals surface area contributed by atoms with Crippen molar-refractivity contribution in [1.29, 1.82) is 0 Å². The van der Waals surface area contributed by atoms with Crippen molar-refractivity contribution in [2.45, 2.75) is 32.6 Å². The fraction of sp³-hybridized carbons (Fsp3) is 0.421. The molecule has 0 aliphatic carbocycles. The average molecular weight is 700 g/mol.